The molecule has 9 heteroatoms. The summed E-state index contributed by atoms with van der Waals surface area (Å²) in [6.45, 7) is 2.64. The minimum Gasteiger partial charge on any atom is -0.287 e. The van der Waals surface area contributed by atoms with E-state index in [1.165, 1.54) is 16.4 Å². The van der Waals surface area contributed by atoms with E-state index >= 15 is 0 Å². The first kappa shape index (κ1) is 18.7. The molecule has 1 aliphatic rings. The number of benzene rings is 1. The van der Waals surface area contributed by atoms with Gasteiger partial charge in [0.25, 0.3) is 0 Å². The zero-order valence-electron chi connectivity index (χ0n) is 15.4. The molecular formula is C19H20FN5O2S. The topological polar surface area (TPSA) is 81.0 Å². The summed E-state index contributed by atoms with van der Waals surface area (Å²) >= 11 is 0. The normalized spacial score (nSPS) is 18.3. The van der Waals surface area contributed by atoms with E-state index in [0.717, 1.165) is 36.5 Å². The summed E-state index contributed by atoms with van der Waals surface area (Å²) in [7, 11) is -3.68. The van der Waals surface area contributed by atoms with Crippen molar-refractivity contribution in [1.29, 1.82) is 0 Å². The second-order valence-corrected chi connectivity index (χ2v) is 8.74. The average molecular weight is 401 g/mol. The second-order valence-electron chi connectivity index (χ2n) is 6.80. The Kier molecular flexibility index (Phi) is 4.94. The van der Waals surface area contributed by atoms with Crippen LogP contribution in [0.25, 0.3) is 5.82 Å². The molecule has 2 aromatic heterocycles. The number of hydrogen-bond acceptors (Lipinski definition) is 5. The van der Waals surface area contributed by atoms with Crippen molar-refractivity contribution in [2.75, 3.05) is 13.1 Å². The lowest BCUT2D eigenvalue weighted by molar-refractivity contribution is 0.312. The van der Waals surface area contributed by atoms with E-state index in [4.69, 9.17) is 0 Å². The highest BCUT2D eigenvalue weighted by Crippen LogP contribution is 2.29. The Morgan fingerprint density at radius 1 is 1.18 bits per heavy atom. The second kappa shape index (κ2) is 7.40. The van der Waals surface area contributed by atoms with E-state index in [-0.39, 0.29) is 10.8 Å². The standard InChI is InChI=1S/C19H20FN5O2S/c1-14-22-8-10-25(14)19-12-21-11-18(23-19)15-3-2-9-24(13-15)28(26,27)17-6-4-16(20)5-7-17/h4-8,10-12,15H,2-3,9,13H2,1H3. The highest BCUT2D eigenvalue weighted by molar-refractivity contribution is 7.89. The maximum Gasteiger partial charge on any atom is 0.243 e. The predicted octanol–water partition coefficient (Wildman–Crippen LogP) is 2.68. The Morgan fingerprint density at radius 2 is 1.96 bits per heavy atom. The molecule has 0 bridgehead atoms. The molecule has 0 aliphatic carbocycles. The van der Waals surface area contributed by atoms with Gasteiger partial charge in [0.05, 0.1) is 16.8 Å². The summed E-state index contributed by atoms with van der Waals surface area (Å²) in [5.74, 6) is 0.944. The fourth-order valence-corrected chi connectivity index (χ4v) is 4.98. The molecule has 0 N–H and O–H groups in total. The lowest BCUT2D eigenvalue weighted by Crippen LogP contribution is -2.39. The van der Waals surface area contributed by atoms with Crippen molar-refractivity contribution in [2.45, 2.75) is 30.6 Å². The van der Waals surface area contributed by atoms with Crippen LogP contribution in [0.1, 0.15) is 30.3 Å². The summed E-state index contributed by atoms with van der Waals surface area (Å²) < 4.78 is 42.3. The summed E-state index contributed by atoms with van der Waals surface area (Å²) in [5.41, 5.74) is 0.754. The molecule has 7 nitrogen and oxygen atoms in total. The third-order valence-corrected chi connectivity index (χ3v) is 6.85. The number of imidazole rings is 1. The van der Waals surface area contributed by atoms with Gasteiger partial charge in [-0.2, -0.15) is 4.31 Å². The molecule has 0 radical (unpaired) electrons. The minimum atomic E-state index is -3.68. The van der Waals surface area contributed by atoms with Gasteiger partial charge in [-0.25, -0.2) is 22.8 Å². The van der Waals surface area contributed by atoms with Gasteiger partial charge in [-0.15, -0.1) is 0 Å². The Morgan fingerprint density at radius 3 is 2.68 bits per heavy atom. The maximum atomic E-state index is 13.2. The van der Waals surface area contributed by atoms with Crippen LogP contribution in [-0.4, -0.2) is 45.3 Å². The fraction of sp³-hybridized carbons (Fsp3) is 0.316. The van der Waals surface area contributed by atoms with Gasteiger partial charge >= 0.3 is 0 Å². The van der Waals surface area contributed by atoms with Crippen LogP contribution in [0.3, 0.4) is 0 Å². The summed E-state index contributed by atoms with van der Waals surface area (Å²) in [4.78, 5) is 13.3. The molecular weight excluding hydrogens is 381 g/mol. The summed E-state index contributed by atoms with van der Waals surface area (Å²) in [5, 5.41) is 0. The molecule has 3 heterocycles. The Bertz CT molecular complexity index is 1080. The molecule has 0 amide bonds. The smallest absolute Gasteiger partial charge is 0.243 e. The van der Waals surface area contributed by atoms with Crippen LogP contribution < -0.4 is 0 Å². The van der Waals surface area contributed by atoms with Crippen LogP contribution in [0.2, 0.25) is 0 Å². The van der Waals surface area contributed by atoms with Crippen LogP contribution in [0, 0.1) is 12.7 Å². The summed E-state index contributed by atoms with van der Waals surface area (Å²) in [6.07, 6.45) is 8.41. The molecule has 4 rings (SSSR count). The van der Waals surface area contributed by atoms with E-state index in [0.29, 0.717) is 18.9 Å². The van der Waals surface area contributed by atoms with Crippen LogP contribution in [0.15, 0.2) is 53.9 Å². The van der Waals surface area contributed by atoms with E-state index in [1.807, 2.05) is 17.7 Å². The molecule has 1 aromatic carbocycles. The molecule has 1 unspecified atom stereocenters. The van der Waals surface area contributed by atoms with Gasteiger partial charge in [0, 0.05) is 37.6 Å². The average Bonchev–Trinajstić information content (AvgIpc) is 3.14. The lowest BCUT2D eigenvalue weighted by atomic mass is 9.96. The first-order valence-electron chi connectivity index (χ1n) is 9.03. The van der Waals surface area contributed by atoms with Gasteiger partial charge < -0.3 is 0 Å². The van der Waals surface area contributed by atoms with Crippen molar-refractivity contribution in [2.24, 2.45) is 0 Å². The molecule has 0 spiro atoms. The van der Waals surface area contributed by atoms with Crippen molar-refractivity contribution in [3.05, 3.63) is 66.4 Å². The van der Waals surface area contributed by atoms with Gasteiger partial charge in [0.1, 0.15) is 11.6 Å². The number of aromatic nitrogens is 4. The fourth-order valence-electron chi connectivity index (χ4n) is 3.46. The van der Waals surface area contributed by atoms with Crippen molar-refractivity contribution in [3.8, 4) is 5.82 Å². The zero-order valence-corrected chi connectivity index (χ0v) is 16.2. The Balaban J connectivity index is 1.59. The first-order valence-corrected chi connectivity index (χ1v) is 10.5. The molecule has 146 valence electrons. The van der Waals surface area contributed by atoms with Gasteiger partial charge in [-0.3, -0.25) is 9.55 Å². The first-order chi connectivity index (χ1) is 13.4. The third-order valence-electron chi connectivity index (χ3n) is 4.97. The van der Waals surface area contributed by atoms with Gasteiger partial charge in [0.2, 0.25) is 10.0 Å². The number of aryl methyl sites for hydroxylation is 1. The van der Waals surface area contributed by atoms with Gasteiger partial charge in [-0.1, -0.05) is 0 Å². The molecule has 1 atom stereocenters. The van der Waals surface area contributed by atoms with Crippen LogP contribution >= 0.6 is 0 Å². The molecule has 1 fully saturated rings. The van der Waals surface area contributed by atoms with E-state index in [9.17, 15) is 12.8 Å². The van der Waals surface area contributed by atoms with Crippen molar-refractivity contribution in [3.63, 3.8) is 0 Å². The van der Waals surface area contributed by atoms with Crippen LogP contribution in [0.5, 0.6) is 0 Å². The summed E-state index contributed by atoms with van der Waals surface area (Å²) in [6, 6.07) is 4.93. The number of nitrogens with zero attached hydrogens (tertiary/aromatic N) is 5. The quantitative estimate of drug-likeness (QED) is 0.671. The minimum absolute atomic E-state index is 0.0553. The van der Waals surface area contributed by atoms with Gasteiger partial charge in [0.15, 0.2) is 5.82 Å². The van der Waals surface area contributed by atoms with Crippen molar-refractivity contribution in [1.82, 2.24) is 23.8 Å². The highest BCUT2D eigenvalue weighted by Gasteiger charge is 2.31. The number of halogens is 1. The third kappa shape index (κ3) is 3.55. The Labute approximate surface area is 162 Å². The van der Waals surface area contributed by atoms with Gasteiger partial charge in [-0.05, 0) is 44.0 Å². The number of hydrogen-bond donors (Lipinski definition) is 0. The molecule has 0 saturated carbocycles. The maximum absolute atomic E-state index is 13.2. The SMILES string of the molecule is Cc1nccn1-c1cncc(C2CCCN(S(=O)(=O)c3ccc(F)cc3)C2)n1. The number of rotatable bonds is 4. The van der Waals surface area contributed by atoms with E-state index in [2.05, 4.69) is 15.0 Å². The number of sulfonamides is 1. The monoisotopic (exact) mass is 401 g/mol. The molecule has 1 aliphatic heterocycles. The van der Waals surface area contributed by atoms with Crippen LogP contribution in [0.4, 0.5) is 4.39 Å². The van der Waals surface area contributed by atoms with Crippen molar-refractivity contribution >= 4 is 10.0 Å². The lowest BCUT2D eigenvalue weighted by Gasteiger charge is -2.31. The molecule has 28 heavy (non-hydrogen) atoms. The zero-order chi connectivity index (χ0) is 19.7. The van der Waals surface area contributed by atoms with Crippen molar-refractivity contribution < 1.29 is 12.8 Å². The number of piperidine rings is 1. The van der Waals surface area contributed by atoms with E-state index < -0.39 is 15.8 Å². The van der Waals surface area contributed by atoms with Crippen LogP contribution in [-0.2, 0) is 10.0 Å². The Hall–Kier alpha value is -2.65. The molecule has 3 aromatic rings. The predicted molar refractivity (Wildman–Crippen MR) is 101 cm³/mol. The largest absolute Gasteiger partial charge is 0.287 e. The highest BCUT2D eigenvalue weighted by atomic mass is 32.2. The van der Waals surface area contributed by atoms with E-state index in [1.54, 1.807) is 18.6 Å². The molecule has 1 saturated heterocycles.